The number of methoxy groups -OCH3 is 1. The first kappa shape index (κ1) is 9.87. The predicted molar refractivity (Wildman–Crippen MR) is 59.1 cm³/mol. The van der Waals surface area contributed by atoms with Gasteiger partial charge in [0, 0.05) is 0 Å². The van der Waals surface area contributed by atoms with Gasteiger partial charge in [0.05, 0.1) is 13.2 Å². The molecule has 0 radical (unpaired) electrons. The van der Waals surface area contributed by atoms with Crippen LogP contribution >= 0.6 is 0 Å². The molecule has 0 aliphatic heterocycles. The van der Waals surface area contributed by atoms with Gasteiger partial charge in [0.1, 0.15) is 5.75 Å². The maximum atomic E-state index is 10.0. The SMILES string of the molecule is COc1ccc(C(O)c2cc[cH-]c2)cc1. The Bertz CT molecular complexity index is 401. The van der Waals surface area contributed by atoms with Gasteiger partial charge in [0.2, 0.25) is 0 Å². The minimum absolute atomic E-state index is 0.550. The van der Waals surface area contributed by atoms with Crippen LogP contribution in [0.4, 0.5) is 0 Å². The summed E-state index contributed by atoms with van der Waals surface area (Å²) in [4.78, 5) is 0. The number of benzene rings is 1. The summed E-state index contributed by atoms with van der Waals surface area (Å²) >= 11 is 0. The molecule has 0 aliphatic rings. The lowest BCUT2D eigenvalue weighted by Crippen LogP contribution is -1.97. The molecule has 2 nitrogen and oxygen atoms in total. The quantitative estimate of drug-likeness (QED) is 0.773. The van der Waals surface area contributed by atoms with Crippen molar-refractivity contribution in [1.29, 1.82) is 0 Å². The molecule has 1 unspecified atom stereocenters. The summed E-state index contributed by atoms with van der Waals surface area (Å²) in [6, 6.07) is 15.1. The van der Waals surface area contributed by atoms with Crippen LogP contribution in [0.1, 0.15) is 17.2 Å². The molecule has 2 aromatic rings. The van der Waals surface area contributed by atoms with E-state index in [0.717, 1.165) is 16.9 Å². The van der Waals surface area contributed by atoms with Crippen molar-refractivity contribution < 1.29 is 9.84 Å². The Hall–Kier alpha value is -1.67. The van der Waals surface area contributed by atoms with Gasteiger partial charge in [-0.05, 0) is 17.7 Å². The lowest BCUT2D eigenvalue weighted by molar-refractivity contribution is 0.220. The van der Waals surface area contributed by atoms with Gasteiger partial charge in [0.25, 0.3) is 0 Å². The van der Waals surface area contributed by atoms with E-state index in [1.807, 2.05) is 48.5 Å². The van der Waals surface area contributed by atoms with Crippen LogP contribution in [-0.4, -0.2) is 12.2 Å². The molecule has 78 valence electrons. The maximum absolute atomic E-state index is 10.0. The van der Waals surface area contributed by atoms with Crippen LogP contribution in [0.3, 0.4) is 0 Å². The largest absolute Gasteiger partial charge is 0.497 e. The second-order valence-corrected chi connectivity index (χ2v) is 3.39. The first-order chi connectivity index (χ1) is 7.31. The molecule has 0 heterocycles. The summed E-state index contributed by atoms with van der Waals surface area (Å²) in [6.07, 6.45) is -0.550. The van der Waals surface area contributed by atoms with Gasteiger partial charge < -0.3 is 9.84 Å². The number of hydrogen-bond donors (Lipinski definition) is 1. The van der Waals surface area contributed by atoms with Crippen molar-refractivity contribution in [1.82, 2.24) is 0 Å². The van der Waals surface area contributed by atoms with Crippen molar-refractivity contribution in [3.8, 4) is 5.75 Å². The Kier molecular flexibility index (Phi) is 2.79. The van der Waals surface area contributed by atoms with E-state index in [0.29, 0.717) is 0 Å². The maximum Gasteiger partial charge on any atom is 0.118 e. The number of aliphatic hydroxyl groups excluding tert-OH is 1. The highest BCUT2D eigenvalue weighted by Crippen LogP contribution is 2.23. The van der Waals surface area contributed by atoms with Crippen molar-refractivity contribution in [2.75, 3.05) is 7.11 Å². The average Bonchev–Trinajstić information content (AvgIpc) is 2.82. The highest BCUT2D eigenvalue weighted by molar-refractivity contribution is 5.34. The van der Waals surface area contributed by atoms with Crippen LogP contribution in [0.15, 0.2) is 48.5 Å². The fourth-order valence-corrected chi connectivity index (χ4v) is 1.55. The van der Waals surface area contributed by atoms with E-state index in [2.05, 4.69) is 0 Å². The second-order valence-electron chi connectivity index (χ2n) is 3.39. The molecule has 1 atom stereocenters. The van der Waals surface area contributed by atoms with E-state index in [4.69, 9.17) is 4.74 Å². The molecule has 2 rings (SSSR count). The topological polar surface area (TPSA) is 29.5 Å². The van der Waals surface area contributed by atoms with Crippen molar-refractivity contribution in [2.45, 2.75) is 6.10 Å². The molecular weight excluding hydrogens is 188 g/mol. The molecule has 0 aliphatic carbocycles. The average molecular weight is 201 g/mol. The number of aliphatic hydroxyl groups is 1. The van der Waals surface area contributed by atoms with Gasteiger partial charge in [-0.3, -0.25) is 0 Å². The van der Waals surface area contributed by atoms with Crippen LogP contribution in [0, 0.1) is 0 Å². The zero-order valence-corrected chi connectivity index (χ0v) is 8.55. The minimum atomic E-state index is -0.550. The molecule has 1 N–H and O–H groups in total. The lowest BCUT2D eigenvalue weighted by atomic mass is 10.0. The van der Waals surface area contributed by atoms with Crippen LogP contribution in [-0.2, 0) is 0 Å². The Morgan fingerprint density at radius 2 is 1.87 bits per heavy atom. The summed E-state index contributed by atoms with van der Waals surface area (Å²) in [5.74, 6) is 0.799. The highest BCUT2D eigenvalue weighted by Gasteiger charge is 2.04. The van der Waals surface area contributed by atoms with Crippen molar-refractivity contribution in [3.63, 3.8) is 0 Å². The summed E-state index contributed by atoms with van der Waals surface area (Å²) in [5.41, 5.74) is 1.79. The molecule has 0 amide bonds. The predicted octanol–water partition coefficient (Wildman–Crippen LogP) is 2.50. The Balaban J connectivity index is 2.22. The van der Waals surface area contributed by atoms with Crippen LogP contribution in [0.25, 0.3) is 0 Å². The third-order valence-corrected chi connectivity index (χ3v) is 2.44. The van der Waals surface area contributed by atoms with E-state index in [1.54, 1.807) is 7.11 Å². The highest BCUT2D eigenvalue weighted by atomic mass is 16.5. The van der Waals surface area contributed by atoms with E-state index < -0.39 is 6.10 Å². The number of hydrogen-bond acceptors (Lipinski definition) is 2. The standard InChI is InChI=1S/C13H13O2/c1-15-12-8-6-11(7-9-12)13(14)10-4-2-3-5-10/h2-9,13-14H,1H3/q-1. The normalized spacial score (nSPS) is 12.4. The van der Waals surface area contributed by atoms with Gasteiger partial charge in [-0.15, -0.1) is 0 Å². The molecule has 0 saturated carbocycles. The summed E-state index contributed by atoms with van der Waals surface area (Å²) in [5, 5.41) is 10.0. The zero-order chi connectivity index (χ0) is 10.7. The Labute approximate surface area is 89.1 Å². The van der Waals surface area contributed by atoms with Gasteiger partial charge in [0.15, 0.2) is 0 Å². The summed E-state index contributed by atoms with van der Waals surface area (Å²) in [7, 11) is 1.63. The third-order valence-electron chi connectivity index (χ3n) is 2.44. The Morgan fingerprint density at radius 1 is 1.13 bits per heavy atom. The van der Waals surface area contributed by atoms with E-state index in [9.17, 15) is 5.11 Å². The lowest BCUT2D eigenvalue weighted by Gasteiger charge is -2.15. The molecule has 2 aromatic carbocycles. The fraction of sp³-hybridized carbons (Fsp3) is 0.154. The van der Waals surface area contributed by atoms with Crippen LogP contribution in [0.2, 0.25) is 0 Å². The molecule has 15 heavy (non-hydrogen) atoms. The van der Waals surface area contributed by atoms with Gasteiger partial charge in [-0.1, -0.05) is 12.1 Å². The molecule has 0 saturated heterocycles. The molecule has 2 heteroatoms. The monoisotopic (exact) mass is 201 g/mol. The smallest absolute Gasteiger partial charge is 0.118 e. The van der Waals surface area contributed by atoms with Crippen molar-refractivity contribution in [3.05, 3.63) is 59.7 Å². The van der Waals surface area contributed by atoms with Crippen molar-refractivity contribution in [2.24, 2.45) is 0 Å². The number of rotatable bonds is 3. The zero-order valence-electron chi connectivity index (χ0n) is 8.55. The molecule has 0 spiro atoms. The first-order valence-corrected chi connectivity index (χ1v) is 4.85. The van der Waals surface area contributed by atoms with E-state index in [-0.39, 0.29) is 0 Å². The second kappa shape index (κ2) is 4.24. The van der Waals surface area contributed by atoms with Gasteiger partial charge >= 0.3 is 0 Å². The molecular formula is C13H13O2-. The van der Waals surface area contributed by atoms with E-state index >= 15 is 0 Å². The van der Waals surface area contributed by atoms with Crippen molar-refractivity contribution >= 4 is 0 Å². The van der Waals surface area contributed by atoms with E-state index in [1.165, 1.54) is 0 Å². The molecule has 0 aromatic heterocycles. The number of ether oxygens (including phenoxy) is 1. The molecule has 0 fully saturated rings. The molecule has 0 bridgehead atoms. The third kappa shape index (κ3) is 2.05. The van der Waals surface area contributed by atoms with Gasteiger partial charge in [-0.2, -0.15) is 23.8 Å². The van der Waals surface area contributed by atoms with Crippen LogP contribution in [0.5, 0.6) is 5.75 Å². The van der Waals surface area contributed by atoms with Gasteiger partial charge in [-0.25, -0.2) is 6.07 Å². The summed E-state index contributed by atoms with van der Waals surface area (Å²) < 4.78 is 5.06. The Morgan fingerprint density at radius 3 is 2.40 bits per heavy atom. The minimum Gasteiger partial charge on any atom is -0.497 e. The first-order valence-electron chi connectivity index (χ1n) is 4.85. The summed E-state index contributed by atoms with van der Waals surface area (Å²) in [6.45, 7) is 0. The fourth-order valence-electron chi connectivity index (χ4n) is 1.55. The van der Waals surface area contributed by atoms with Crippen LogP contribution < -0.4 is 4.74 Å².